The Morgan fingerprint density at radius 1 is 1.41 bits per heavy atom. The standard InChI is InChI=1S/C16H20ClNO4/c1-3-22-14-11-12(10-13(17)16(14)20-2)4-5-15(19)18-6-8-21-9-7-18/h4-5,10-11H,3,6-9H2,1-2H3. The molecule has 0 radical (unpaired) electrons. The summed E-state index contributed by atoms with van der Waals surface area (Å²) in [5, 5.41) is 0.451. The number of rotatable bonds is 5. The number of hydrogen-bond acceptors (Lipinski definition) is 4. The minimum atomic E-state index is -0.0341. The zero-order chi connectivity index (χ0) is 15.9. The van der Waals surface area contributed by atoms with Crippen LogP contribution in [0.1, 0.15) is 12.5 Å². The lowest BCUT2D eigenvalue weighted by Crippen LogP contribution is -2.39. The molecule has 0 N–H and O–H groups in total. The molecule has 0 bridgehead atoms. The summed E-state index contributed by atoms with van der Waals surface area (Å²) in [5.41, 5.74) is 0.788. The number of halogens is 1. The van der Waals surface area contributed by atoms with E-state index in [1.807, 2.05) is 6.92 Å². The van der Waals surface area contributed by atoms with Crippen molar-refractivity contribution in [2.24, 2.45) is 0 Å². The van der Waals surface area contributed by atoms with E-state index < -0.39 is 0 Å². The highest BCUT2D eigenvalue weighted by molar-refractivity contribution is 6.32. The van der Waals surface area contributed by atoms with Crippen LogP contribution in [0.15, 0.2) is 18.2 Å². The van der Waals surface area contributed by atoms with Gasteiger partial charge < -0.3 is 19.1 Å². The summed E-state index contributed by atoms with van der Waals surface area (Å²) in [6, 6.07) is 3.54. The van der Waals surface area contributed by atoms with Crippen molar-refractivity contribution >= 4 is 23.6 Å². The number of methoxy groups -OCH3 is 1. The lowest BCUT2D eigenvalue weighted by molar-refractivity contribution is -0.129. The van der Waals surface area contributed by atoms with Gasteiger partial charge in [-0.05, 0) is 30.7 Å². The number of morpholine rings is 1. The molecule has 1 aliphatic rings. The first-order valence-electron chi connectivity index (χ1n) is 7.20. The topological polar surface area (TPSA) is 48.0 Å². The Labute approximate surface area is 135 Å². The van der Waals surface area contributed by atoms with Gasteiger partial charge in [0.25, 0.3) is 0 Å². The fraction of sp³-hybridized carbons (Fsp3) is 0.438. The van der Waals surface area contributed by atoms with E-state index in [0.29, 0.717) is 49.4 Å². The van der Waals surface area contributed by atoms with Gasteiger partial charge in [0.05, 0.1) is 32.0 Å². The number of carbonyl (C=O) groups excluding carboxylic acids is 1. The number of nitrogens with zero attached hydrogens (tertiary/aromatic N) is 1. The molecule has 1 aromatic carbocycles. The third kappa shape index (κ3) is 4.15. The predicted molar refractivity (Wildman–Crippen MR) is 85.6 cm³/mol. The van der Waals surface area contributed by atoms with E-state index in [1.165, 1.54) is 0 Å². The highest BCUT2D eigenvalue weighted by Gasteiger charge is 2.14. The molecule has 2 rings (SSSR count). The van der Waals surface area contributed by atoms with E-state index in [-0.39, 0.29) is 5.91 Å². The van der Waals surface area contributed by atoms with Gasteiger partial charge in [0.2, 0.25) is 5.91 Å². The van der Waals surface area contributed by atoms with Crippen LogP contribution in [0.5, 0.6) is 11.5 Å². The van der Waals surface area contributed by atoms with Crippen LogP contribution in [0, 0.1) is 0 Å². The molecule has 0 saturated carbocycles. The van der Waals surface area contributed by atoms with Gasteiger partial charge in [0, 0.05) is 19.2 Å². The molecule has 1 aromatic rings. The molecule has 0 spiro atoms. The summed E-state index contributed by atoms with van der Waals surface area (Å²) in [4.78, 5) is 13.8. The average Bonchev–Trinajstić information content (AvgIpc) is 2.53. The van der Waals surface area contributed by atoms with E-state index >= 15 is 0 Å². The second kappa shape index (κ2) is 8.06. The van der Waals surface area contributed by atoms with Crippen LogP contribution >= 0.6 is 11.6 Å². The first-order chi connectivity index (χ1) is 10.7. The molecule has 1 fully saturated rings. The molecule has 5 nitrogen and oxygen atoms in total. The average molecular weight is 326 g/mol. The monoisotopic (exact) mass is 325 g/mol. The van der Waals surface area contributed by atoms with Crippen molar-refractivity contribution in [3.05, 3.63) is 28.8 Å². The first-order valence-corrected chi connectivity index (χ1v) is 7.58. The van der Waals surface area contributed by atoms with Gasteiger partial charge in [-0.3, -0.25) is 4.79 Å². The number of carbonyl (C=O) groups is 1. The third-order valence-corrected chi connectivity index (χ3v) is 3.56. The van der Waals surface area contributed by atoms with E-state index in [0.717, 1.165) is 5.56 Å². The molecule has 0 atom stereocenters. The summed E-state index contributed by atoms with van der Waals surface area (Å²) < 4.78 is 16.0. The fourth-order valence-electron chi connectivity index (χ4n) is 2.20. The Kier molecular flexibility index (Phi) is 6.10. The minimum absolute atomic E-state index is 0.0341. The molecule has 0 aromatic heterocycles. The zero-order valence-corrected chi connectivity index (χ0v) is 13.6. The Morgan fingerprint density at radius 3 is 2.77 bits per heavy atom. The highest BCUT2D eigenvalue weighted by atomic mass is 35.5. The molecule has 1 heterocycles. The van der Waals surface area contributed by atoms with Crippen LogP contribution in [0.25, 0.3) is 6.08 Å². The van der Waals surface area contributed by atoms with E-state index in [1.54, 1.807) is 36.3 Å². The number of amides is 1. The summed E-state index contributed by atoms with van der Waals surface area (Å²) in [7, 11) is 1.54. The lowest BCUT2D eigenvalue weighted by atomic mass is 10.1. The van der Waals surface area contributed by atoms with E-state index in [4.69, 9.17) is 25.8 Å². The van der Waals surface area contributed by atoms with Crippen molar-refractivity contribution in [3.63, 3.8) is 0 Å². The van der Waals surface area contributed by atoms with E-state index in [9.17, 15) is 4.79 Å². The minimum Gasteiger partial charge on any atom is -0.491 e. The normalized spacial score (nSPS) is 15.1. The maximum absolute atomic E-state index is 12.1. The number of ether oxygens (including phenoxy) is 3. The van der Waals surface area contributed by atoms with Gasteiger partial charge in [-0.25, -0.2) is 0 Å². The molecule has 120 valence electrons. The Hall–Kier alpha value is -1.72. The largest absolute Gasteiger partial charge is 0.491 e. The van der Waals surface area contributed by atoms with Gasteiger partial charge in [0.15, 0.2) is 11.5 Å². The Morgan fingerprint density at radius 2 is 2.14 bits per heavy atom. The Balaban J connectivity index is 2.14. The van der Waals surface area contributed by atoms with Crippen LogP contribution in [0.4, 0.5) is 0 Å². The third-order valence-electron chi connectivity index (χ3n) is 3.28. The van der Waals surface area contributed by atoms with Gasteiger partial charge >= 0.3 is 0 Å². The zero-order valence-electron chi connectivity index (χ0n) is 12.8. The molecule has 22 heavy (non-hydrogen) atoms. The molecule has 1 aliphatic heterocycles. The molecule has 0 aliphatic carbocycles. The van der Waals surface area contributed by atoms with Crippen molar-refractivity contribution in [2.45, 2.75) is 6.92 Å². The smallest absolute Gasteiger partial charge is 0.246 e. The molecule has 0 unspecified atom stereocenters. The van der Waals surface area contributed by atoms with E-state index in [2.05, 4.69) is 0 Å². The van der Waals surface area contributed by atoms with Crippen molar-refractivity contribution in [3.8, 4) is 11.5 Å². The van der Waals surface area contributed by atoms with Crippen LogP contribution < -0.4 is 9.47 Å². The molecule has 1 saturated heterocycles. The van der Waals surface area contributed by atoms with Crippen molar-refractivity contribution < 1.29 is 19.0 Å². The van der Waals surface area contributed by atoms with Gasteiger partial charge in [-0.15, -0.1) is 0 Å². The molecular formula is C16H20ClNO4. The molecule has 6 heteroatoms. The Bertz CT molecular complexity index is 553. The second-order valence-corrected chi connectivity index (χ2v) is 5.15. The van der Waals surface area contributed by atoms with Gasteiger partial charge in [-0.2, -0.15) is 0 Å². The summed E-state index contributed by atoms with van der Waals surface area (Å²) in [6.07, 6.45) is 3.27. The quantitative estimate of drug-likeness (QED) is 0.781. The predicted octanol–water partition coefficient (Wildman–Crippen LogP) is 2.62. The second-order valence-electron chi connectivity index (χ2n) is 4.74. The number of hydrogen-bond donors (Lipinski definition) is 0. The van der Waals surface area contributed by atoms with Gasteiger partial charge in [0.1, 0.15) is 0 Å². The van der Waals surface area contributed by atoms with Gasteiger partial charge in [-0.1, -0.05) is 11.6 Å². The van der Waals surface area contributed by atoms with Crippen LogP contribution in [-0.2, 0) is 9.53 Å². The van der Waals surface area contributed by atoms with Crippen LogP contribution in [0.2, 0.25) is 5.02 Å². The molecule has 1 amide bonds. The fourth-order valence-corrected chi connectivity index (χ4v) is 2.50. The highest BCUT2D eigenvalue weighted by Crippen LogP contribution is 2.36. The van der Waals surface area contributed by atoms with Crippen LogP contribution in [-0.4, -0.2) is 50.8 Å². The molecular weight excluding hydrogens is 306 g/mol. The first kappa shape index (κ1) is 16.6. The SMILES string of the molecule is CCOc1cc(C=CC(=O)N2CCOCC2)cc(Cl)c1OC. The summed E-state index contributed by atoms with van der Waals surface area (Å²) >= 11 is 6.18. The summed E-state index contributed by atoms with van der Waals surface area (Å²) in [6.45, 7) is 4.81. The maximum Gasteiger partial charge on any atom is 0.246 e. The summed E-state index contributed by atoms with van der Waals surface area (Å²) in [5.74, 6) is 1.03. The van der Waals surface area contributed by atoms with Crippen molar-refractivity contribution in [1.82, 2.24) is 4.90 Å². The lowest BCUT2D eigenvalue weighted by Gasteiger charge is -2.25. The van der Waals surface area contributed by atoms with Crippen molar-refractivity contribution in [2.75, 3.05) is 40.0 Å². The van der Waals surface area contributed by atoms with Crippen LogP contribution in [0.3, 0.4) is 0 Å². The number of benzene rings is 1. The van der Waals surface area contributed by atoms with Crippen molar-refractivity contribution in [1.29, 1.82) is 0 Å². The maximum atomic E-state index is 12.1.